The highest BCUT2D eigenvalue weighted by molar-refractivity contribution is 7.10. The minimum absolute atomic E-state index is 0. The van der Waals surface area contributed by atoms with Gasteiger partial charge in [-0.2, -0.15) is 0 Å². The van der Waals surface area contributed by atoms with Crippen LogP contribution >= 0.6 is 23.7 Å². The van der Waals surface area contributed by atoms with Crippen molar-refractivity contribution < 1.29 is 9.59 Å². The molecule has 1 aliphatic heterocycles. The molecule has 2 N–H and O–H groups in total. The van der Waals surface area contributed by atoms with Crippen LogP contribution in [0.15, 0.2) is 17.5 Å². The molecule has 1 aromatic rings. The van der Waals surface area contributed by atoms with E-state index in [1.54, 1.807) is 11.3 Å². The van der Waals surface area contributed by atoms with Crippen LogP contribution < -0.4 is 10.6 Å². The molecule has 2 atom stereocenters. The molecular formula is C14H22ClN3O2S. The van der Waals surface area contributed by atoms with Crippen LogP contribution in [0.1, 0.15) is 31.2 Å². The summed E-state index contributed by atoms with van der Waals surface area (Å²) in [6.07, 6.45) is 0.324. The molecule has 0 radical (unpaired) electrons. The summed E-state index contributed by atoms with van der Waals surface area (Å²) in [4.78, 5) is 26.7. The summed E-state index contributed by atoms with van der Waals surface area (Å²) < 4.78 is 0. The average Bonchev–Trinajstić information content (AvgIpc) is 2.91. The van der Waals surface area contributed by atoms with Gasteiger partial charge in [0.05, 0.1) is 12.5 Å². The largest absolute Gasteiger partial charge is 0.348 e. The van der Waals surface area contributed by atoms with Gasteiger partial charge in [-0.1, -0.05) is 6.07 Å². The molecule has 118 valence electrons. The second-order valence-corrected chi connectivity index (χ2v) is 6.09. The lowest BCUT2D eigenvalue weighted by Crippen LogP contribution is -2.52. The summed E-state index contributed by atoms with van der Waals surface area (Å²) in [7, 11) is 0. The summed E-state index contributed by atoms with van der Waals surface area (Å²) in [5, 5.41) is 8.11. The van der Waals surface area contributed by atoms with Crippen molar-refractivity contribution in [3.63, 3.8) is 0 Å². The number of halogens is 1. The van der Waals surface area contributed by atoms with Crippen molar-refractivity contribution in [2.75, 3.05) is 19.6 Å². The van der Waals surface area contributed by atoms with Crippen LogP contribution in [0.25, 0.3) is 0 Å². The Balaban J connectivity index is 0.00000220. The van der Waals surface area contributed by atoms with Crippen LogP contribution in [0.4, 0.5) is 0 Å². The monoisotopic (exact) mass is 331 g/mol. The van der Waals surface area contributed by atoms with Gasteiger partial charge in [-0.3, -0.25) is 9.59 Å². The van der Waals surface area contributed by atoms with Gasteiger partial charge in [0.25, 0.3) is 0 Å². The van der Waals surface area contributed by atoms with Crippen molar-refractivity contribution in [3.8, 4) is 0 Å². The second-order valence-electron chi connectivity index (χ2n) is 5.11. The van der Waals surface area contributed by atoms with Crippen LogP contribution in [-0.4, -0.2) is 42.4 Å². The molecule has 1 unspecified atom stereocenters. The number of nitrogens with zero attached hydrogens (tertiary/aromatic N) is 1. The van der Waals surface area contributed by atoms with Crippen molar-refractivity contribution in [1.82, 2.24) is 15.5 Å². The number of hydrogen-bond donors (Lipinski definition) is 2. The van der Waals surface area contributed by atoms with Gasteiger partial charge in [-0.15, -0.1) is 23.7 Å². The first-order valence-electron chi connectivity index (χ1n) is 6.88. The number of thiophene rings is 1. The zero-order valence-electron chi connectivity index (χ0n) is 12.3. The van der Waals surface area contributed by atoms with E-state index in [1.807, 2.05) is 29.3 Å². The number of nitrogens with one attached hydrogen (secondary N) is 2. The summed E-state index contributed by atoms with van der Waals surface area (Å²) in [5.74, 6) is -0.00397. The lowest BCUT2D eigenvalue weighted by atomic mass is 10.1. The number of rotatable bonds is 4. The highest BCUT2D eigenvalue weighted by Gasteiger charge is 2.26. The molecule has 1 fully saturated rings. The summed E-state index contributed by atoms with van der Waals surface area (Å²) in [6.45, 7) is 5.92. The summed E-state index contributed by atoms with van der Waals surface area (Å²) in [5.41, 5.74) is 0. The zero-order chi connectivity index (χ0) is 14.5. The van der Waals surface area contributed by atoms with Crippen molar-refractivity contribution in [2.45, 2.75) is 32.4 Å². The highest BCUT2D eigenvalue weighted by atomic mass is 35.5. The summed E-state index contributed by atoms with van der Waals surface area (Å²) in [6, 6.07) is 3.88. The van der Waals surface area contributed by atoms with Crippen molar-refractivity contribution >= 4 is 35.6 Å². The maximum Gasteiger partial charge on any atom is 0.225 e. The third-order valence-electron chi connectivity index (χ3n) is 3.46. The fourth-order valence-corrected chi connectivity index (χ4v) is 3.24. The Bertz CT molecular complexity index is 467. The molecule has 1 aromatic heterocycles. The molecule has 2 heterocycles. The molecule has 0 aromatic carbocycles. The van der Waals surface area contributed by atoms with E-state index >= 15 is 0 Å². The summed E-state index contributed by atoms with van der Waals surface area (Å²) >= 11 is 1.56. The van der Waals surface area contributed by atoms with E-state index < -0.39 is 0 Å². The first-order valence-corrected chi connectivity index (χ1v) is 7.76. The van der Waals surface area contributed by atoms with Gasteiger partial charge in [-0.25, -0.2) is 0 Å². The number of piperazine rings is 1. The highest BCUT2D eigenvalue weighted by Crippen LogP contribution is 2.23. The maximum atomic E-state index is 12.4. The van der Waals surface area contributed by atoms with Crippen LogP contribution in [0.2, 0.25) is 0 Å². The van der Waals surface area contributed by atoms with E-state index in [1.165, 1.54) is 6.92 Å². The van der Waals surface area contributed by atoms with Crippen LogP contribution in [-0.2, 0) is 9.59 Å². The fourth-order valence-electron chi connectivity index (χ4n) is 2.46. The van der Waals surface area contributed by atoms with Crippen LogP contribution in [0.5, 0.6) is 0 Å². The quantitative estimate of drug-likeness (QED) is 0.880. The number of hydrogen-bond acceptors (Lipinski definition) is 4. The molecule has 5 nitrogen and oxygen atoms in total. The van der Waals surface area contributed by atoms with Crippen LogP contribution in [0, 0.1) is 0 Å². The minimum Gasteiger partial charge on any atom is -0.348 e. The predicted molar refractivity (Wildman–Crippen MR) is 86.8 cm³/mol. The Morgan fingerprint density at radius 1 is 1.57 bits per heavy atom. The van der Waals surface area contributed by atoms with Crippen LogP contribution in [0.3, 0.4) is 0 Å². The van der Waals surface area contributed by atoms with E-state index in [9.17, 15) is 9.59 Å². The van der Waals surface area contributed by atoms with E-state index in [0.717, 1.165) is 24.5 Å². The topological polar surface area (TPSA) is 61.4 Å². The first kappa shape index (κ1) is 17.9. The fraction of sp³-hybridized carbons (Fsp3) is 0.571. The van der Waals surface area contributed by atoms with E-state index in [2.05, 4.69) is 10.6 Å². The normalized spacial score (nSPS) is 19.5. The van der Waals surface area contributed by atoms with Gasteiger partial charge in [0.15, 0.2) is 0 Å². The van der Waals surface area contributed by atoms with Gasteiger partial charge in [0.2, 0.25) is 11.8 Å². The third-order valence-corrected chi connectivity index (χ3v) is 4.45. The van der Waals surface area contributed by atoms with E-state index in [4.69, 9.17) is 0 Å². The van der Waals surface area contributed by atoms with Crippen molar-refractivity contribution in [2.24, 2.45) is 0 Å². The Labute approximate surface area is 135 Å². The Hall–Kier alpha value is -1.11. The van der Waals surface area contributed by atoms with E-state index in [0.29, 0.717) is 6.42 Å². The molecule has 7 heteroatoms. The Kier molecular flexibility index (Phi) is 7.14. The molecule has 1 saturated heterocycles. The lowest BCUT2D eigenvalue weighted by Gasteiger charge is -2.35. The Morgan fingerprint density at radius 3 is 2.90 bits per heavy atom. The Morgan fingerprint density at radius 2 is 2.33 bits per heavy atom. The molecule has 2 rings (SSSR count). The molecular weight excluding hydrogens is 310 g/mol. The molecule has 0 spiro atoms. The minimum atomic E-state index is -0.220. The van der Waals surface area contributed by atoms with Crippen molar-refractivity contribution in [3.05, 3.63) is 22.4 Å². The molecule has 2 amide bonds. The third kappa shape index (κ3) is 4.98. The second kappa shape index (κ2) is 8.36. The molecule has 0 saturated carbocycles. The smallest absolute Gasteiger partial charge is 0.225 e. The zero-order valence-corrected chi connectivity index (χ0v) is 13.9. The van der Waals surface area contributed by atoms with Gasteiger partial charge in [0.1, 0.15) is 0 Å². The number of carbonyl (C=O) groups excluding carboxylic acids is 2. The maximum absolute atomic E-state index is 12.4. The molecule has 21 heavy (non-hydrogen) atoms. The number of amides is 2. The first-order chi connectivity index (χ1) is 9.58. The van der Waals surface area contributed by atoms with Crippen molar-refractivity contribution in [1.29, 1.82) is 0 Å². The number of carbonyl (C=O) groups is 2. The van der Waals surface area contributed by atoms with Gasteiger partial charge in [0, 0.05) is 37.5 Å². The molecule has 0 bridgehead atoms. The van der Waals surface area contributed by atoms with E-state index in [-0.39, 0.29) is 36.3 Å². The van der Waals surface area contributed by atoms with Gasteiger partial charge < -0.3 is 15.5 Å². The average molecular weight is 332 g/mol. The predicted octanol–water partition coefficient (Wildman–Crippen LogP) is 1.56. The molecule has 0 aliphatic carbocycles. The SMILES string of the molecule is CC(=O)NC(CC(=O)N1CCNC[C@@H]1C)c1cccs1.Cl. The van der Waals surface area contributed by atoms with Gasteiger partial charge >= 0.3 is 0 Å². The standard InChI is InChI=1S/C14H21N3O2S.ClH/c1-10-9-15-5-6-17(10)14(19)8-12(16-11(2)18)13-4-3-7-20-13;/h3-4,7,10,12,15H,5-6,8-9H2,1-2H3,(H,16,18);1H/t10-,12?;/m0./s1. The molecule has 1 aliphatic rings. The lowest BCUT2D eigenvalue weighted by molar-refractivity contribution is -0.134. The van der Waals surface area contributed by atoms with Gasteiger partial charge in [-0.05, 0) is 18.4 Å².